The van der Waals surface area contributed by atoms with Crippen LogP contribution >= 0.6 is 0 Å². The van der Waals surface area contributed by atoms with Gasteiger partial charge in [0.05, 0.1) is 12.0 Å². The monoisotopic (exact) mass is 389 g/mol. The van der Waals surface area contributed by atoms with E-state index in [1.54, 1.807) is 23.1 Å². The van der Waals surface area contributed by atoms with Crippen molar-refractivity contribution in [3.05, 3.63) is 83.4 Å². The van der Waals surface area contributed by atoms with Gasteiger partial charge in [-0.1, -0.05) is 54.6 Å². The van der Waals surface area contributed by atoms with E-state index in [0.29, 0.717) is 42.6 Å². The highest BCUT2D eigenvalue weighted by atomic mass is 16.4. The number of amides is 1. The first-order valence-electron chi connectivity index (χ1n) is 9.76. The minimum absolute atomic E-state index is 0.0302. The fraction of sp³-hybridized carbons (Fsp3) is 0.250. The van der Waals surface area contributed by atoms with Crippen LogP contribution in [0.1, 0.15) is 34.3 Å². The van der Waals surface area contributed by atoms with Gasteiger partial charge in [0.15, 0.2) is 0 Å². The van der Waals surface area contributed by atoms with E-state index in [2.05, 4.69) is 0 Å². The molecule has 0 radical (unpaired) electrons. The third kappa shape index (κ3) is 4.00. The number of carboxylic acid groups (broad SMARTS) is 1. The van der Waals surface area contributed by atoms with Crippen LogP contribution in [0.2, 0.25) is 0 Å². The van der Waals surface area contributed by atoms with E-state index in [0.717, 1.165) is 10.8 Å². The van der Waals surface area contributed by atoms with Gasteiger partial charge in [-0.3, -0.25) is 9.59 Å². The topological polar surface area (TPSA) is 77.8 Å². The molecule has 1 fully saturated rings. The first kappa shape index (κ1) is 19.2. The summed E-state index contributed by atoms with van der Waals surface area (Å²) in [5.74, 6) is -0.928. The number of hydrogen-bond acceptors (Lipinski definition) is 3. The van der Waals surface area contributed by atoms with E-state index in [9.17, 15) is 14.7 Å². The third-order valence-electron chi connectivity index (χ3n) is 5.69. The number of hydrogen-bond donors (Lipinski definition) is 2. The molecule has 0 unspecified atom stereocenters. The normalized spacial score (nSPS) is 16.0. The maximum absolute atomic E-state index is 12.9. The van der Waals surface area contributed by atoms with E-state index >= 15 is 0 Å². The van der Waals surface area contributed by atoms with Gasteiger partial charge in [-0.25, -0.2) is 0 Å². The van der Waals surface area contributed by atoms with Crippen LogP contribution in [0.3, 0.4) is 0 Å². The summed E-state index contributed by atoms with van der Waals surface area (Å²) in [5.41, 5.74) is 0.985. The fourth-order valence-corrected chi connectivity index (χ4v) is 4.02. The van der Waals surface area contributed by atoms with Crippen molar-refractivity contribution in [2.45, 2.75) is 24.9 Å². The van der Waals surface area contributed by atoms with Gasteiger partial charge in [-0.05, 0) is 46.9 Å². The summed E-state index contributed by atoms with van der Waals surface area (Å²) >= 11 is 0. The largest absolute Gasteiger partial charge is 0.481 e. The molecule has 2 N–H and O–H groups in total. The Morgan fingerprint density at radius 1 is 0.897 bits per heavy atom. The Bertz CT molecular complexity index is 1070. The number of piperidine rings is 1. The summed E-state index contributed by atoms with van der Waals surface area (Å²) in [6.45, 7) is 0.899. The quantitative estimate of drug-likeness (QED) is 0.715. The van der Waals surface area contributed by atoms with Crippen molar-refractivity contribution in [1.29, 1.82) is 0 Å². The molecule has 0 spiro atoms. The molecule has 0 aromatic heterocycles. The SMILES string of the molecule is O=C(O)Cc1cccc(C2(O)CCN(C(=O)c3ccc4ccccc4c3)CC2)c1. The Labute approximate surface area is 169 Å². The minimum Gasteiger partial charge on any atom is -0.481 e. The maximum atomic E-state index is 12.9. The Morgan fingerprint density at radius 2 is 1.62 bits per heavy atom. The Hall–Kier alpha value is -3.18. The Kier molecular flexibility index (Phi) is 5.07. The highest BCUT2D eigenvalue weighted by molar-refractivity contribution is 5.98. The second-order valence-corrected chi connectivity index (χ2v) is 7.66. The van der Waals surface area contributed by atoms with Gasteiger partial charge in [0, 0.05) is 18.7 Å². The average Bonchev–Trinajstić information content (AvgIpc) is 2.73. The molecule has 5 nitrogen and oxygen atoms in total. The zero-order valence-corrected chi connectivity index (χ0v) is 16.0. The van der Waals surface area contributed by atoms with Crippen LogP contribution in [0.25, 0.3) is 10.8 Å². The predicted molar refractivity (Wildman–Crippen MR) is 111 cm³/mol. The van der Waals surface area contributed by atoms with Gasteiger partial charge in [-0.15, -0.1) is 0 Å². The van der Waals surface area contributed by atoms with Crippen LogP contribution in [-0.2, 0) is 16.8 Å². The van der Waals surface area contributed by atoms with Crippen molar-refractivity contribution in [2.75, 3.05) is 13.1 Å². The Balaban J connectivity index is 1.48. The number of nitrogens with zero attached hydrogens (tertiary/aromatic N) is 1. The molecule has 5 heteroatoms. The molecule has 3 aromatic rings. The standard InChI is InChI=1S/C24H23NO4/c26-22(27)15-17-4-3-7-21(14-17)24(29)10-12-25(13-11-24)23(28)20-9-8-18-5-1-2-6-19(18)16-20/h1-9,14,16,29H,10-13,15H2,(H,26,27). The molecule has 0 bridgehead atoms. The lowest BCUT2D eigenvalue weighted by molar-refractivity contribution is -0.136. The van der Waals surface area contributed by atoms with E-state index in [1.807, 2.05) is 48.5 Å². The summed E-state index contributed by atoms with van der Waals surface area (Å²) in [6.07, 6.45) is 0.766. The van der Waals surface area contributed by atoms with Gasteiger partial charge in [0.1, 0.15) is 0 Å². The van der Waals surface area contributed by atoms with Crippen molar-refractivity contribution in [2.24, 2.45) is 0 Å². The lowest BCUT2D eigenvalue weighted by Gasteiger charge is -2.38. The first-order valence-corrected chi connectivity index (χ1v) is 9.76. The molecule has 1 aliphatic heterocycles. The molecule has 1 amide bonds. The number of rotatable bonds is 4. The van der Waals surface area contributed by atoms with Crippen LogP contribution in [0.4, 0.5) is 0 Å². The summed E-state index contributed by atoms with van der Waals surface area (Å²) in [7, 11) is 0. The molecule has 4 rings (SSSR count). The van der Waals surface area contributed by atoms with Crippen LogP contribution in [-0.4, -0.2) is 40.1 Å². The predicted octanol–water partition coefficient (Wildman–Crippen LogP) is 3.59. The van der Waals surface area contributed by atoms with Gasteiger partial charge < -0.3 is 15.1 Å². The first-order chi connectivity index (χ1) is 13.9. The van der Waals surface area contributed by atoms with Crippen LogP contribution < -0.4 is 0 Å². The zero-order chi connectivity index (χ0) is 20.4. The van der Waals surface area contributed by atoms with Gasteiger partial charge in [0.2, 0.25) is 0 Å². The molecule has 1 heterocycles. The number of likely N-dealkylation sites (tertiary alicyclic amines) is 1. The highest BCUT2D eigenvalue weighted by Gasteiger charge is 2.35. The lowest BCUT2D eigenvalue weighted by Crippen LogP contribution is -2.45. The fourth-order valence-electron chi connectivity index (χ4n) is 4.02. The average molecular weight is 389 g/mol. The van der Waals surface area contributed by atoms with Gasteiger partial charge in [-0.2, -0.15) is 0 Å². The van der Waals surface area contributed by atoms with E-state index < -0.39 is 11.6 Å². The molecule has 29 heavy (non-hydrogen) atoms. The second-order valence-electron chi connectivity index (χ2n) is 7.66. The number of aliphatic carboxylic acids is 1. The zero-order valence-electron chi connectivity index (χ0n) is 16.0. The van der Waals surface area contributed by atoms with Crippen LogP contribution in [0, 0.1) is 0 Å². The summed E-state index contributed by atoms with van der Waals surface area (Å²) in [4.78, 5) is 25.7. The number of benzene rings is 3. The molecule has 3 aromatic carbocycles. The van der Waals surface area contributed by atoms with Crippen LogP contribution in [0.15, 0.2) is 66.7 Å². The molecule has 148 valence electrons. The summed E-state index contributed by atoms with van der Waals surface area (Å²) < 4.78 is 0. The van der Waals surface area contributed by atoms with Gasteiger partial charge >= 0.3 is 5.97 Å². The number of fused-ring (bicyclic) bond motifs is 1. The van der Waals surface area contributed by atoms with Crippen LogP contribution in [0.5, 0.6) is 0 Å². The van der Waals surface area contributed by atoms with E-state index in [1.165, 1.54) is 0 Å². The summed E-state index contributed by atoms with van der Waals surface area (Å²) in [6, 6.07) is 20.8. The van der Waals surface area contributed by atoms with Crippen molar-refractivity contribution < 1.29 is 19.8 Å². The Morgan fingerprint density at radius 3 is 2.34 bits per heavy atom. The van der Waals surface area contributed by atoms with Crippen molar-refractivity contribution in [1.82, 2.24) is 4.90 Å². The molecule has 1 saturated heterocycles. The smallest absolute Gasteiger partial charge is 0.307 e. The maximum Gasteiger partial charge on any atom is 0.307 e. The molecule has 0 saturated carbocycles. The number of carbonyl (C=O) groups is 2. The molecule has 0 aliphatic carbocycles. The van der Waals surface area contributed by atoms with E-state index in [4.69, 9.17) is 5.11 Å². The molecule has 0 atom stereocenters. The molecular formula is C24H23NO4. The third-order valence-corrected chi connectivity index (χ3v) is 5.69. The number of carbonyl (C=O) groups excluding carboxylic acids is 1. The highest BCUT2D eigenvalue weighted by Crippen LogP contribution is 2.34. The minimum atomic E-state index is -1.05. The van der Waals surface area contributed by atoms with Crippen molar-refractivity contribution >= 4 is 22.6 Å². The summed E-state index contributed by atoms with van der Waals surface area (Å²) in [5, 5.41) is 22.2. The van der Waals surface area contributed by atoms with E-state index in [-0.39, 0.29) is 12.3 Å². The van der Waals surface area contributed by atoms with Crippen molar-refractivity contribution in [3.63, 3.8) is 0 Å². The lowest BCUT2D eigenvalue weighted by atomic mass is 9.83. The van der Waals surface area contributed by atoms with Gasteiger partial charge in [0.25, 0.3) is 5.91 Å². The second kappa shape index (κ2) is 7.68. The number of aliphatic hydroxyl groups is 1. The molecule has 1 aliphatic rings. The molecular weight excluding hydrogens is 366 g/mol. The number of carboxylic acids is 1. The van der Waals surface area contributed by atoms with Crippen molar-refractivity contribution in [3.8, 4) is 0 Å².